The maximum absolute atomic E-state index is 12.4. The zero-order valence-electron chi connectivity index (χ0n) is 17.6. The molecule has 0 spiro atoms. The van der Waals surface area contributed by atoms with Crippen molar-refractivity contribution in [2.45, 2.75) is 25.3 Å². The quantitative estimate of drug-likeness (QED) is 0.469. The summed E-state index contributed by atoms with van der Waals surface area (Å²) in [5.74, 6) is -2.49. The van der Waals surface area contributed by atoms with Gasteiger partial charge in [0.15, 0.2) is 0 Å². The lowest BCUT2D eigenvalue weighted by atomic mass is 9.98. The lowest BCUT2D eigenvalue weighted by Gasteiger charge is -2.18. The summed E-state index contributed by atoms with van der Waals surface area (Å²) in [7, 11) is 0. The molecular weight excluding hydrogens is 414 g/mol. The molecule has 1 atom stereocenters. The molecule has 0 saturated carbocycles. The van der Waals surface area contributed by atoms with Crippen LogP contribution in [0.15, 0.2) is 48.5 Å². The molecule has 168 valence electrons. The Labute approximate surface area is 185 Å². The molecule has 9 nitrogen and oxygen atoms in total. The molecule has 0 bridgehead atoms. The van der Waals surface area contributed by atoms with Gasteiger partial charge in [0.1, 0.15) is 19.2 Å². The minimum atomic E-state index is -1.19. The average molecular weight is 439 g/mol. The van der Waals surface area contributed by atoms with E-state index in [2.05, 4.69) is 16.0 Å². The number of carboxylic acid groups (broad SMARTS) is 1. The Bertz CT molecular complexity index is 977. The molecule has 1 aliphatic carbocycles. The summed E-state index contributed by atoms with van der Waals surface area (Å²) < 4.78 is 5.44. The van der Waals surface area contributed by atoms with Crippen LogP contribution >= 0.6 is 0 Å². The number of hydrogen-bond acceptors (Lipinski definition) is 5. The van der Waals surface area contributed by atoms with Gasteiger partial charge in [0, 0.05) is 5.92 Å². The van der Waals surface area contributed by atoms with E-state index in [-0.39, 0.29) is 18.9 Å². The second-order valence-electron chi connectivity index (χ2n) is 7.32. The molecule has 3 rings (SSSR count). The average Bonchev–Trinajstić information content (AvgIpc) is 3.12. The van der Waals surface area contributed by atoms with Crippen LogP contribution in [0.3, 0.4) is 0 Å². The van der Waals surface area contributed by atoms with Gasteiger partial charge in [-0.25, -0.2) is 4.79 Å². The van der Waals surface area contributed by atoms with Crippen molar-refractivity contribution in [3.63, 3.8) is 0 Å². The number of aliphatic carboxylic acids is 1. The van der Waals surface area contributed by atoms with E-state index in [1.54, 1.807) is 6.92 Å². The van der Waals surface area contributed by atoms with E-state index in [9.17, 15) is 19.2 Å². The minimum absolute atomic E-state index is 0.0972. The van der Waals surface area contributed by atoms with Gasteiger partial charge in [-0.15, -0.1) is 0 Å². The number of benzene rings is 2. The van der Waals surface area contributed by atoms with Gasteiger partial charge in [-0.2, -0.15) is 0 Å². The van der Waals surface area contributed by atoms with E-state index < -0.39 is 43.0 Å². The minimum Gasteiger partial charge on any atom is -0.480 e. The van der Waals surface area contributed by atoms with Crippen molar-refractivity contribution in [2.75, 3.05) is 19.7 Å². The maximum atomic E-state index is 12.4. The third kappa shape index (κ3) is 5.42. The van der Waals surface area contributed by atoms with Crippen molar-refractivity contribution in [3.8, 4) is 11.1 Å². The number of nitrogens with one attached hydrogen (secondary N) is 3. The Kier molecular flexibility index (Phi) is 7.43. The monoisotopic (exact) mass is 439 g/mol. The van der Waals surface area contributed by atoms with Crippen LogP contribution in [0.1, 0.15) is 30.4 Å². The van der Waals surface area contributed by atoms with Crippen molar-refractivity contribution in [1.29, 1.82) is 0 Å². The zero-order chi connectivity index (χ0) is 23.1. The fourth-order valence-corrected chi connectivity index (χ4v) is 3.66. The number of amides is 3. The molecule has 0 heterocycles. The maximum Gasteiger partial charge on any atom is 0.407 e. The van der Waals surface area contributed by atoms with Gasteiger partial charge in [-0.05, 0) is 28.7 Å². The molecule has 0 fully saturated rings. The largest absolute Gasteiger partial charge is 0.480 e. The van der Waals surface area contributed by atoms with E-state index in [1.165, 1.54) is 0 Å². The van der Waals surface area contributed by atoms with Crippen LogP contribution in [0, 0.1) is 0 Å². The molecule has 0 saturated heterocycles. The van der Waals surface area contributed by atoms with Crippen molar-refractivity contribution in [1.82, 2.24) is 16.0 Å². The van der Waals surface area contributed by atoms with Gasteiger partial charge in [0.2, 0.25) is 11.8 Å². The number of carbonyl (C=O) groups excluding carboxylic acids is 3. The Morgan fingerprint density at radius 2 is 1.53 bits per heavy atom. The Morgan fingerprint density at radius 3 is 2.09 bits per heavy atom. The van der Waals surface area contributed by atoms with Gasteiger partial charge >= 0.3 is 12.1 Å². The van der Waals surface area contributed by atoms with Crippen LogP contribution < -0.4 is 16.0 Å². The van der Waals surface area contributed by atoms with Crippen molar-refractivity contribution in [3.05, 3.63) is 59.7 Å². The standard InChI is InChI=1S/C23H25N3O6/c1-2-19(22(30)25-11-20(27)24-12-21(28)29)26-23(31)32-13-18-16-9-5-3-7-14(16)15-8-4-6-10-17(15)18/h3-10,18-19H,2,11-13H2,1H3,(H,24,27)(H,25,30)(H,26,31)(H,28,29)/t19-/m0/s1. The summed E-state index contributed by atoms with van der Waals surface area (Å²) in [6.45, 7) is 0.896. The molecular formula is C23H25N3O6. The zero-order valence-corrected chi connectivity index (χ0v) is 17.6. The highest BCUT2D eigenvalue weighted by molar-refractivity contribution is 5.90. The molecule has 0 aromatic heterocycles. The first-order chi connectivity index (χ1) is 15.4. The second kappa shape index (κ2) is 10.4. The molecule has 32 heavy (non-hydrogen) atoms. The predicted octanol–water partition coefficient (Wildman–Crippen LogP) is 1.62. The predicted molar refractivity (Wildman–Crippen MR) is 116 cm³/mol. The molecule has 1 aliphatic rings. The van der Waals surface area contributed by atoms with Crippen LogP contribution in [0.5, 0.6) is 0 Å². The molecule has 9 heteroatoms. The highest BCUT2D eigenvalue weighted by atomic mass is 16.5. The lowest BCUT2D eigenvalue weighted by molar-refractivity contribution is -0.137. The van der Waals surface area contributed by atoms with E-state index in [0.717, 1.165) is 22.3 Å². The lowest BCUT2D eigenvalue weighted by Crippen LogP contribution is -2.49. The molecule has 3 amide bonds. The van der Waals surface area contributed by atoms with Gasteiger partial charge < -0.3 is 25.8 Å². The number of fused-ring (bicyclic) bond motifs is 3. The Balaban J connectivity index is 1.53. The number of carbonyl (C=O) groups is 4. The van der Waals surface area contributed by atoms with Crippen LogP contribution in [0.25, 0.3) is 11.1 Å². The first-order valence-electron chi connectivity index (χ1n) is 10.3. The van der Waals surface area contributed by atoms with E-state index >= 15 is 0 Å². The van der Waals surface area contributed by atoms with Gasteiger partial charge in [0.05, 0.1) is 6.54 Å². The number of carboxylic acids is 1. The van der Waals surface area contributed by atoms with E-state index in [1.807, 2.05) is 48.5 Å². The first kappa shape index (κ1) is 22.8. The molecule has 2 aromatic rings. The fraction of sp³-hybridized carbons (Fsp3) is 0.304. The summed E-state index contributed by atoms with van der Waals surface area (Å²) in [6.07, 6.45) is -0.448. The van der Waals surface area contributed by atoms with Gasteiger partial charge in [-0.1, -0.05) is 55.5 Å². The van der Waals surface area contributed by atoms with Gasteiger partial charge in [0.25, 0.3) is 0 Å². The Morgan fingerprint density at radius 1 is 0.938 bits per heavy atom. The van der Waals surface area contributed by atoms with Crippen molar-refractivity contribution >= 4 is 23.9 Å². The van der Waals surface area contributed by atoms with E-state index in [0.29, 0.717) is 0 Å². The van der Waals surface area contributed by atoms with E-state index in [4.69, 9.17) is 9.84 Å². The van der Waals surface area contributed by atoms with Crippen molar-refractivity contribution < 1.29 is 29.0 Å². The third-order valence-electron chi connectivity index (χ3n) is 5.22. The van der Waals surface area contributed by atoms with Crippen LogP contribution in [0.2, 0.25) is 0 Å². The number of hydrogen-bond donors (Lipinski definition) is 4. The Hall–Kier alpha value is -3.88. The van der Waals surface area contributed by atoms with Crippen LogP contribution in [0.4, 0.5) is 4.79 Å². The summed E-state index contributed by atoms with van der Waals surface area (Å²) in [6, 6.07) is 15.0. The highest BCUT2D eigenvalue weighted by Gasteiger charge is 2.29. The van der Waals surface area contributed by atoms with Crippen LogP contribution in [-0.2, 0) is 19.1 Å². The fourth-order valence-electron chi connectivity index (χ4n) is 3.66. The van der Waals surface area contributed by atoms with Crippen molar-refractivity contribution in [2.24, 2.45) is 0 Å². The normalized spacial score (nSPS) is 12.8. The molecule has 2 aromatic carbocycles. The SMILES string of the molecule is CC[C@H](NC(=O)OCC1c2ccccc2-c2ccccc21)C(=O)NCC(=O)NCC(=O)O. The summed E-state index contributed by atoms with van der Waals surface area (Å²) in [4.78, 5) is 46.6. The smallest absolute Gasteiger partial charge is 0.407 e. The third-order valence-corrected chi connectivity index (χ3v) is 5.22. The molecule has 0 radical (unpaired) electrons. The molecule has 0 unspecified atom stereocenters. The number of alkyl carbamates (subject to hydrolysis) is 1. The van der Waals surface area contributed by atoms with Gasteiger partial charge in [-0.3, -0.25) is 14.4 Å². The molecule has 4 N–H and O–H groups in total. The summed E-state index contributed by atoms with van der Waals surface area (Å²) in [5, 5.41) is 15.6. The number of rotatable bonds is 9. The second-order valence-corrected chi connectivity index (χ2v) is 7.32. The highest BCUT2D eigenvalue weighted by Crippen LogP contribution is 2.44. The molecule has 0 aliphatic heterocycles. The first-order valence-corrected chi connectivity index (χ1v) is 10.3. The number of ether oxygens (including phenoxy) is 1. The summed E-state index contributed by atoms with van der Waals surface area (Å²) >= 11 is 0. The van der Waals surface area contributed by atoms with Crippen LogP contribution in [-0.4, -0.2) is 54.7 Å². The summed E-state index contributed by atoms with van der Waals surface area (Å²) in [5.41, 5.74) is 4.39. The topological polar surface area (TPSA) is 134 Å².